The van der Waals surface area contributed by atoms with E-state index in [-0.39, 0.29) is 5.54 Å². The number of hydrogen-bond acceptors (Lipinski definition) is 3. The summed E-state index contributed by atoms with van der Waals surface area (Å²) in [6.45, 7) is 10.5. The molecule has 2 rings (SSSR count). The summed E-state index contributed by atoms with van der Waals surface area (Å²) in [5, 5.41) is 0. The Morgan fingerprint density at radius 1 is 1.12 bits per heavy atom. The molecule has 2 fully saturated rings. The predicted molar refractivity (Wildman–Crippen MR) is 68.5 cm³/mol. The molecular formula is C13H27N3. The van der Waals surface area contributed by atoms with Crippen LogP contribution in [-0.2, 0) is 0 Å². The molecule has 0 aromatic heterocycles. The van der Waals surface area contributed by atoms with Crippen molar-refractivity contribution in [2.24, 2.45) is 5.73 Å². The molecule has 0 aromatic rings. The molecule has 0 amide bonds. The number of nitrogens with zero attached hydrogens (tertiary/aromatic N) is 2. The molecule has 94 valence electrons. The first-order valence-electron chi connectivity index (χ1n) is 6.80. The third-order valence-electron chi connectivity index (χ3n) is 3.78. The second-order valence-corrected chi connectivity index (χ2v) is 6.26. The lowest BCUT2D eigenvalue weighted by molar-refractivity contribution is 0.167. The van der Waals surface area contributed by atoms with E-state index >= 15 is 0 Å². The lowest BCUT2D eigenvalue weighted by Gasteiger charge is -2.33. The Labute approximate surface area is 100.0 Å². The Balaban J connectivity index is 1.82. The summed E-state index contributed by atoms with van der Waals surface area (Å²) in [5.74, 6) is 0. The number of hydrogen-bond donors (Lipinski definition) is 1. The van der Waals surface area contributed by atoms with Crippen LogP contribution in [0.3, 0.4) is 0 Å². The summed E-state index contributed by atoms with van der Waals surface area (Å²) in [6.07, 6.45) is 5.52. The maximum Gasteiger partial charge on any atom is 0.0226 e. The van der Waals surface area contributed by atoms with Crippen LogP contribution in [0.2, 0.25) is 0 Å². The molecule has 0 saturated carbocycles. The number of rotatable bonds is 4. The Morgan fingerprint density at radius 3 is 2.44 bits per heavy atom. The van der Waals surface area contributed by atoms with Gasteiger partial charge in [-0.3, -0.25) is 4.90 Å². The van der Waals surface area contributed by atoms with E-state index in [0.717, 1.165) is 12.6 Å². The standard InChI is InChI=1S/C13H27N3/c1-13(2,14)11-16-9-5-6-12(16)10-15-7-3-4-8-15/h12H,3-11,14H2,1-2H3/t12-/m0/s1. The van der Waals surface area contributed by atoms with Crippen LogP contribution in [0.5, 0.6) is 0 Å². The van der Waals surface area contributed by atoms with Crippen molar-refractivity contribution in [3.63, 3.8) is 0 Å². The molecule has 0 aliphatic carbocycles. The van der Waals surface area contributed by atoms with Gasteiger partial charge in [-0.05, 0) is 59.2 Å². The minimum Gasteiger partial charge on any atom is -0.324 e. The Bertz CT molecular complexity index is 216. The Kier molecular flexibility index (Phi) is 3.88. The van der Waals surface area contributed by atoms with Gasteiger partial charge in [0.25, 0.3) is 0 Å². The quantitative estimate of drug-likeness (QED) is 0.782. The van der Waals surface area contributed by atoms with Crippen LogP contribution in [0.15, 0.2) is 0 Å². The smallest absolute Gasteiger partial charge is 0.0226 e. The topological polar surface area (TPSA) is 32.5 Å². The Morgan fingerprint density at radius 2 is 1.81 bits per heavy atom. The number of nitrogens with two attached hydrogens (primary N) is 1. The molecule has 0 unspecified atom stereocenters. The molecule has 2 N–H and O–H groups in total. The van der Waals surface area contributed by atoms with Crippen molar-refractivity contribution >= 4 is 0 Å². The van der Waals surface area contributed by atoms with Gasteiger partial charge in [-0.2, -0.15) is 0 Å². The highest BCUT2D eigenvalue weighted by molar-refractivity contribution is 4.88. The van der Waals surface area contributed by atoms with Crippen molar-refractivity contribution in [3.8, 4) is 0 Å². The third-order valence-corrected chi connectivity index (χ3v) is 3.78. The van der Waals surface area contributed by atoms with Crippen LogP contribution in [0.4, 0.5) is 0 Å². The summed E-state index contributed by atoms with van der Waals surface area (Å²) in [5.41, 5.74) is 6.08. The van der Waals surface area contributed by atoms with Crippen molar-refractivity contribution in [3.05, 3.63) is 0 Å². The van der Waals surface area contributed by atoms with Gasteiger partial charge in [0.2, 0.25) is 0 Å². The molecule has 3 nitrogen and oxygen atoms in total. The second kappa shape index (κ2) is 5.03. The van der Waals surface area contributed by atoms with E-state index in [1.165, 1.54) is 51.9 Å². The van der Waals surface area contributed by atoms with Crippen LogP contribution >= 0.6 is 0 Å². The van der Waals surface area contributed by atoms with Crippen LogP contribution < -0.4 is 5.73 Å². The van der Waals surface area contributed by atoms with Gasteiger partial charge in [0.1, 0.15) is 0 Å². The van der Waals surface area contributed by atoms with E-state index in [1.807, 2.05) is 0 Å². The summed E-state index contributed by atoms with van der Waals surface area (Å²) >= 11 is 0. The van der Waals surface area contributed by atoms with Crippen molar-refractivity contribution in [1.82, 2.24) is 9.80 Å². The molecule has 2 aliphatic rings. The first kappa shape index (κ1) is 12.3. The van der Waals surface area contributed by atoms with Gasteiger partial charge in [-0.25, -0.2) is 0 Å². The maximum absolute atomic E-state index is 6.13. The molecule has 3 heteroatoms. The molecule has 0 radical (unpaired) electrons. The average Bonchev–Trinajstić information content (AvgIpc) is 2.77. The lowest BCUT2D eigenvalue weighted by Crippen LogP contribution is -2.49. The highest BCUT2D eigenvalue weighted by Crippen LogP contribution is 2.21. The van der Waals surface area contributed by atoms with Gasteiger partial charge in [0.05, 0.1) is 0 Å². The van der Waals surface area contributed by atoms with Crippen molar-refractivity contribution in [2.45, 2.75) is 51.1 Å². The van der Waals surface area contributed by atoms with Gasteiger partial charge in [0.15, 0.2) is 0 Å². The molecule has 2 aliphatic heterocycles. The molecule has 16 heavy (non-hydrogen) atoms. The Hall–Kier alpha value is -0.120. The van der Waals surface area contributed by atoms with Gasteiger partial charge in [-0.15, -0.1) is 0 Å². The normalized spacial score (nSPS) is 29.1. The maximum atomic E-state index is 6.13. The van der Waals surface area contributed by atoms with Crippen molar-refractivity contribution < 1.29 is 0 Å². The van der Waals surface area contributed by atoms with E-state index in [0.29, 0.717) is 0 Å². The monoisotopic (exact) mass is 225 g/mol. The van der Waals surface area contributed by atoms with Gasteiger partial charge in [0, 0.05) is 24.7 Å². The van der Waals surface area contributed by atoms with Crippen molar-refractivity contribution in [1.29, 1.82) is 0 Å². The summed E-state index contributed by atoms with van der Waals surface area (Å²) in [7, 11) is 0. The fraction of sp³-hybridized carbons (Fsp3) is 1.00. The van der Waals surface area contributed by atoms with E-state index in [2.05, 4.69) is 23.6 Å². The highest BCUT2D eigenvalue weighted by Gasteiger charge is 2.29. The first-order valence-corrected chi connectivity index (χ1v) is 6.80. The lowest BCUT2D eigenvalue weighted by atomic mass is 10.1. The van der Waals surface area contributed by atoms with Gasteiger partial charge in [-0.1, -0.05) is 0 Å². The fourth-order valence-electron chi connectivity index (χ4n) is 3.10. The SMILES string of the molecule is CC(C)(N)CN1CCC[C@H]1CN1CCCC1. The van der Waals surface area contributed by atoms with E-state index < -0.39 is 0 Å². The van der Waals surface area contributed by atoms with E-state index in [1.54, 1.807) is 0 Å². The van der Waals surface area contributed by atoms with Gasteiger partial charge < -0.3 is 10.6 Å². The molecular weight excluding hydrogens is 198 g/mol. The summed E-state index contributed by atoms with van der Waals surface area (Å²) in [4.78, 5) is 5.24. The summed E-state index contributed by atoms with van der Waals surface area (Å²) in [6, 6.07) is 0.765. The fourth-order valence-corrected chi connectivity index (χ4v) is 3.10. The molecule has 1 atom stereocenters. The molecule has 0 bridgehead atoms. The third kappa shape index (κ3) is 3.44. The molecule has 2 saturated heterocycles. The van der Waals surface area contributed by atoms with E-state index in [4.69, 9.17) is 5.73 Å². The van der Waals surface area contributed by atoms with Crippen LogP contribution in [0.25, 0.3) is 0 Å². The molecule has 2 heterocycles. The minimum atomic E-state index is -0.0480. The number of likely N-dealkylation sites (tertiary alicyclic amines) is 2. The van der Waals surface area contributed by atoms with Crippen LogP contribution in [0, 0.1) is 0 Å². The second-order valence-electron chi connectivity index (χ2n) is 6.26. The van der Waals surface area contributed by atoms with Crippen LogP contribution in [-0.4, -0.2) is 54.1 Å². The molecule has 0 spiro atoms. The van der Waals surface area contributed by atoms with Crippen molar-refractivity contribution in [2.75, 3.05) is 32.7 Å². The largest absolute Gasteiger partial charge is 0.324 e. The zero-order chi connectivity index (χ0) is 11.6. The van der Waals surface area contributed by atoms with Crippen LogP contribution in [0.1, 0.15) is 39.5 Å². The zero-order valence-electron chi connectivity index (χ0n) is 10.9. The molecule has 0 aromatic carbocycles. The first-order chi connectivity index (χ1) is 7.54. The predicted octanol–water partition coefficient (Wildman–Crippen LogP) is 1.28. The highest BCUT2D eigenvalue weighted by atomic mass is 15.2. The van der Waals surface area contributed by atoms with E-state index in [9.17, 15) is 0 Å². The van der Waals surface area contributed by atoms with Gasteiger partial charge >= 0.3 is 0 Å². The zero-order valence-corrected chi connectivity index (χ0v) is 10.9. The average molecular weight is 225 g/mol. The summed E-state index contributed by atoms with van der Waals surface area (Å²) < 4.78 is 0. The minimum absolute atomic E-state index is 0.0480.